The van der Waals surface area contributed by atoms with Crippen LogP contribution in [0.3, 0.4) is 0 Å². The number of hydrogen-bond donors (Lipinski definition) is 2. The Kier molecular flexibility index (Phi) is 3.82. The molecule has 0 spiro atoms. The zero-order chi connectivity index (χ0) is 12.1. The van der Waals surface area contributed by atoms with Crippen molar-refractivity contribution in [3.8, 4) is 0 Å². The van der Waals surface area contributed by atoms with Crippen molar-refractivity contribution in [3.05, 3.63) is 29.6 Å². The van der Waals surface area contributed by atoms with Gasteiger partial charge in [-0.25, -0.2) is 9.18 Å². The minimum Gasteiger partial charge on any atom is -0.461 e. The van der Waals surface area contributed by atoms with Crippen LogP contribution in [-0.2, 0) is 9.53 Å². The third-order valence-corrected chi connectivity index (χ3v) is 1.82. The van der Waals surface area contributed by atoms with Gasteiger partial charge in [-0.15, -0.1) is 0 Å². The highest BCUT2D eigenvalue weighted by molar-refractivity contribution is 5.95. The van der Waals surface area contributed by atoms with Crippen LogP contribution in [0, 0.1) is 5.82 Å². The van der Waals surface area contributed by atoms with Gasteiger partial charge >= 0.3 is 5.97 Å². The maximum Gasteiger partial charge on any atom is 0.340 e. The van der Waals surface area contributed by atoms with Crippen LogP contribution in [0.2, 0.25) is 0 Å². The van der Waals surface area contributed by atoms with Crippen molar-refractivity contribution in [2.45, 2.75) is 6.42 Å². The first-order valence-corrected chi connectivity index (χ1v) is 4.51. The summed E-state index contributed by atoms with van der Waals surface area (Å²) in [6.45, 7) is -0.149. The molecular weight excluding hydrogens is 215 g/mol. The summed E-state index contributed by atoms with van der Waals surface area (Å²) >= 11 is 0. The highest BCUT2D eigenvalue weighted by Gasteiger charge is 2.12. The summed E-state index contributed by atoms with van der Waals surface area (Å²) in [5, 5.41) is 0. The number of carbonyl (C=O) groups is 2. The standard InChI is InChI=1S/C10H11FN2O3/c11-6-1-2-8(12)7(5-6)10(15)16-4-3-9(13)14/h1-2,5H,3-4,12H2,(H2,13,14). The second-order valence-electron chi connectivity index (χ2n) is 3.08. The lowest BCUT2D eigenvalue weighted by atomic mass is 10.2. The van der Waals surface area contributed by atoms with E-state index in [9.17, 15) is 14.0 Å². The topological polar surface area (TPSA) is 95.4 Å². The van der Waals surface area contributed by atoms with E-state index < -0.39 is 17.7 Å². The molecule has 0 aromatic heterocycles. The van der Waals surface area contributed by atoms with Gasteiger partial charge in [-0.05, 0) is 18.2 Å². The molecule has 1 rings (SSSR count). The molecule has 86 valence electrons. The third-order valence-electron chi connectivity index (χ3n) is 1.82. The van der Waals surface area contributed by atoms with Crippen LogP contribution in [-0.4, -0.2) is 18.5 Å². The van der Waals surface area contributed by atoms with E-state index in [2.05, 4.69) is 4.74 Å². The highest BCUT2D eigenvalue weighted by Crippen LogP contribution is 2.14. The molecule has 0 fully saturated rings. The molecule has 0 unspecified atom stereocenters. The van der Waals surface area contributed by atoms with E-state index in [0.29, 0.717) is 0 Å². The van der Waals surface area contributed by atoms with Gasteiger partial charge < -0.3 is 16.2 Å². The van der Waals surface area contributed by atoms with Crippen LogP contribution in [0.4, 0.5) is 10.1 Å². The Labute approximate surface area is 91.2 Å². The first-order valence-electron chi connectivity index (χ1n) is 4.51. The first kappa shape index (κ1) is 12.0. The molecule has 0 saturated carbocycles. The molecule has 1 aromatic carbocycles. The average molecular weight is 226 g/mol. The summed E-state index contributed by atoms with van der Waals surface area (Å²) in [5.74, 6) is -1.95. The van der Waals surface area contributed by atoms with Crippen molar-refractivity contribution < 1.29 is 18.7 Å². The Morgan fingerprint density at radius 3 is 2.69 bits per heavy atom. The average Bonchev–Trinajstić information content (AvgIpc) is 2.21. The molecule has 6 heteroatoms. The summed E-state index contributed by atoms with van der Waals surface area (Å²) in [4.78, 5) is 21.8. The molecule has 0 saturated heterocycles. The Bertz CT molecular complexity index is 421. The molecule has 0 aliphatic heterocycles. The summed E-state index contributed by atoms with van der Waals surface area (Å²) < 4.78 is 17.5. The fraction of sp³-hybridized carbons (Fsp3) is 0.200. The maximum absolute atomic E-state index is 12.8. The molecule has 0 bridgehead atoms. The number of primary amides is 1. The van der Waals surface area contributed by atoms with E-state index in [-0.39, 0.29) is 24.3 Å². The van der Waals surface area contributed by atoms with Crippen LogP contribution in [0.15, 0.2) is 18.2 Å². The van der Waals surface area contributed by atoms with Crippen LogP contribution < -0.4 is 11.5 Å². The number of nitrogens with two attached hydrogens (primary N) is 2. The molecule has 0 aliphatic rings. The van der Waals surface area contributed by atoms with Gasteiger partial charge in [0.15, 0.2) is 0 Å². The van der Waals surface area contributed by atoms with Gasteiger partial charge in [-0.3, -0.25) is 4.79 Å². The number of rotatable bonds is 4. The van der Waals surface area contributed by atoms with Gasteiger partial charge in [0.05, 0.1) is 12.0 Å². The molecule has 0 heterocycles. The Hall–Kier alpha value is -2.11. The number of benzene rings is 1. The van der Waals surface area contributed by atoms with Crippen LogP contribution in [0.25, 0.3) is 0 Å². The number of hydrogen-bond acceptors (Lipinski definition) is 4. The smallest absolute Gasteiger partial charge is 0.340 e. The zero-order valence-electron chi connectivity index (χ0n) is 8.40. The Morgan fingerprint density at radius 2 is 2.06 bits per heavy atom. The minimum atomic E-state index is -0.779. The lowest BCUT2D eigenvalue weighted by molar-refractivity contribution is -0.118. The predicted molar refractivity (Wildman–Crippen MR) is 54.9 cm³/mol. The van der Waals surface area contributed by atoms with Crippen molar-refractivity contribution in [2.24, 2.45) is 5.73 Å². The molecule has 16 heavy (non-hydrogen) atoms. The van der Waals surface area contributed by atoms with Crippen molar-refractivity contribution in [3.63, 3.8) is 0 Å². The molecule has 0 radical (unpaired) electrons. The highest BCUT2D eigenvalue weighted by atomic mass is 19.1. The second-order valence-corrected chi connectivity index (χ2v) is 3.08. The van der Waals surface area contributed by atoms with E-state index in [0.717, 1.165) is 12.1 Å². The molecular formula is C10H11FN2O3. The SMILES string of the molecule is NC(=O)CCOC(=O)c1cc(F)ccc1N. The summed E-state index contributed by atoms with van der Waals surface area (Å²) in [6, 6.07) is 3.37. The fourth-order valence-corrected chi connectivity index (χ4v) is 1.03. The molecule has 5 nitrogen and oxygen atoms in total. The first-order chi connectivity index (χ1) is 7.50. The van der Waals surface area contributed by atoms with E-state index >= 15 is 0 Å². The summed E-state index contributed by atoms with van der Waals surface area (Å²) in [7, 11) is 0. The largest absolute Gasteiger partial charge is 0.461 e. The van der Waals surface area contributed by atoms with Crippen LogP contribution in [0.1, 0.15) is 16.8 Å². The number of halogens is 1. The van der Waals surface area contributed by atoms with Gasteiger partial charge in [0.2, 0.25) is 5.91 Å². The quantitative estimate of drug-likeness (QED) is 0.575. The van der Waals surface area contributed by atoms with Crippen molar-refractivity contribution in [1.82, 2.24) is 0 Å². The molecule has 0 aliphatic carbocycles. The summed E-state index contributed by atoms with van der Waals surface area (Å²) in [5.41, 5.74) is 10.4. The second kappa shape index (κ2) is 5.11. The monoisotopic (exact) mass is 226 g/mol. The number of carbonyl (C=O) groups excluding carboxylic acids is 2. The lowest BCUT2D eigenvalue weighted by Crippen LogP contribution is -2.16. The molecule has 4 N–H and O–H groups in total. The maximum atomic E-state index is 12.8. The van der Waals surface area contributed by atoms with Crippen LogP contribution in [0.5, 0.6) is 0 Å². The van der Waals surface area contributed by atoms with E-state index in [1.54, 1.807) is 0 Å². The molecule has 0 atom stereocenters. The van der Waals surface area contributed by atoms with E-state index in [1.165, 1.54) is 6.07 Å². The van der Waals surface area contributed by atoms with Crippen molar-refractivity contribution >= 4 is 17.6 Å². The van der Waals surface area contributed by atoms with Crippen molar-refractivity contribution in [2.75, 3.05) is 12.3 Å². The third kappa shape index (κ3) is 3.23. The summed E-state index contributed by atoms with van der Waals surface area (Å²) in [6.07, 6.45) is -0.0824. The Morgan fingerprint density at radius 1 is 1.38 bits per heavy atom. The minimum absolute atomic E-state index is 0.0653. The molecule has 1 aromatic rings. The fourth-order valence-electron chi connectivity index (χ4n) is 1.03. The Balaban J connectivity index is 2.65. The van der Waals surface area contributed by atoms with Gasteiger partial charge in [-0.2, -0.15) is 0 Å². The number of ether oxygens (including phenoxy) is 1. The number of amides is 1. The number of nitrogen functional groups attached to an aromatic ring is 1. The van der Waals surface area contributed by atoms with Gasteiger partial charge in [0, 0.05) is 5.69 Å². The number of anilines is 1. The van der Waals surface area contributed by atoms with Gasteiger partial charge in [0.1, 0.15) is 12.4 Å². The van der Waals surface area contributed by atoms with E-state index in [4.69, 9.17) is 11.5 Å². The van der Waals surface area contributed by atoms with Gasteiger partial charge in [-0.1, -0.05) is 0 Å². The van der Waals surface area contributed by atoms with E-state index in [1.807, 2.05) is 0 Å². The zero-order valence-corrected chi connectivity index (χ0v) is 8.40. The lowest BCUT2D eigenvalue weighted by Gasteiger charge is -2.05. The van der Waals surface area contributed by atoms with Crippen molar-refractivity contribution in [1.29, 1.82) is 0 Å². The normalized spacial score (nSPS) is 9.81. The molecule has 1 amide bonds. The van der Waals surface area contributed by atoms with Gasteiger partial charge in [0.25, 0.3) is 0 Å². The predicted octanol–water partition coefficient (Wildman–Crippen LogP) is 0.440. The number of esters is 1. The van der Waals surface area contributed by atoms with Crippen LogP contribution >= 0.6 is 0 Å².